The fourth-order valence-corrected chi connectivity index (χ4v) is 2.17. The number of esters is 1. The van der Waals surface area contributed by atoms with Gasteiger partial charge in [0.25, 0.3) is 5.69 Å². The first-order valence-electron chi connectivity index (χ1n) is 5.76. The lowest BCUT2D eigenvalue weighted by molar-refractivity contribution is -0.385. The number of nitro groups is 1. The first kappa shape index (κ1) is 14.0. The van der Waals surface area contributed by atoms with Crippen LogP contribution in [0.4, 0.5) is 5.69 Å². The topological polar surface area (TPSA) is 69.4 Å². The molecule has 1 aromatic carbocycles. The van der Waals surface area contributed by atoms with E-state index in [4.69, 9.17) is 4.74 Å². The molecule has 0 saturated carbocycles. The minimum atomic E-state index is -0.533. The molecule has 0 unspecified atom stereocenters. The molecule has 5 nitrogen and oxygen atoms in total. The summed E-state index contributed by atoms with van der Waals surface area (Å²) in [6.45, 7) is -0.121. The van der Waals surface area contributed by atoms with Crippen molar-refractivity contribution in [1.29, 1.82) is 0 Å². The Kier molecular flexibility index (Phi) is 4.62. The molecule has 0 saturated heterocycles. The number of nitrogens with zero attached hydrogens (tertiary/aromatic N) is 1. The van der Waals surface area contributed by atoms with Crippen LogP contribution in [0.2, 0.25) is 0 Å². The summed E-state index contributed by atoms with van der Waals surface area (Å²) in [4.78, 5) is 21.8. The molecule has 20 heavy (non-hydrogen) atoms. The van der Waals surface area contributed by atoms with E-state index >= 15 is 0 Å². The van der Waals surface area contributed by atoms with Gasteiger partial charge in [0, 0.05) is 12.1 Å². The molecule has 0 bridgehead atoms. The SMILES string of the molecule is O=C(/C=C/c1ccsc1)OCc1ccccc1[N+](=O)[O-]. The Morgan fingerprint density at radius 2 is 2.15 bits per heavy atom. The van der Waals surface area contributed by atoms with Gasteiger partial charge < -0.3 is 4.74 Å². The molecule has 0 aliphatic carbocycles. The molecule has 0 atom stereocenters. The Bertz CT molecular complexity index is 634. The minimum Gasteiger partial charge on any atom is -0.457 e. The van der Waals surface area contributed by atoms with Gasteiger partial charge in [-0.3, -0.25) is 10.1 Å². The molecular weight excluding hydrogens is 278 g/mol. The zero-order chi connectivity index (χ0) is 14.4. The molecule has 0 N–H and O–H groups in total. The third-order valence-corrected chi connectivity index (χ3v) is 3.21. The van der Waals surface area contributed by atoms with Crippen LogP contribution in [0.15, 0.2) is 47.2 Å². The van der Waals surface area contributed by atoms with Gasteiger partial charge in [-0.2, -0.15) is 11.3 Å². The van der Waals surface area contributed by atoms with Gasteiger partial charge in [0.15, 0.2) is 0 Å². The molecule has 0 spiro atoms. The summed E-state index contributed by atoms with van der Waals surface area (Å²) in [7, 11) is 0. The van der Waals surface area contributed by atoms with Gasteiger partial charge in [0.2, 0.25) is 0 Å². The Hall–Kier alpha value is -2.47. The monoisotopic (exact) mass is 289 g/mol. The number of para-hydroxylation sites is 1. The van der Waals surface area contributed by atoms with Crippen LogP contribution in [0, 0.1) is 10.1 Å². The fourth-order valence-electron chi connectivity index (χ4n) is 1.54. The number of ether oxygens (including phenoxy) is 1. The molecule has 0 fully saturated rings. The van der Waals surface area contributed by atoms with Crippen LogP contribution < -0.4 is 0 Å². The summed E-state index contributed by atoms with van der Waals surface area (Å²) >= 11 is 1.53. The molecule has 1 aromatic heterocycles. The van der Waals surface area contributed by atoms with Gasteiger partial charge in [0.1, 0.15) is 6.61 Å². The van der Waals surface area contributed by atoms with Crippen molar-refractivity contribution < 1.29 is 14.5 Å². The fraction of sp³-hybridized carbons (Fsp3) is 0.0714. The minimum absolute atomic E-state index is 0.0536. The van der Waals surface area contributed by atoms with Crippen LogP contribution in [0.3, 0.4) is 0 Å². The molecule has 0 aliphatic rings. The van der Waals surface area contributed by atoms with Crippen LogP contribution in [0.5, 0.6) is 0 Å². The highest BCUT2D eigenvalue weighted by Crippen LogP contribution is 2.18. The van der Waals surface area contributed by atoms with E-state index < -0.39 is 10.9 Å². The van der Waals surface area contributed by atoms with E-state index in [1.807, 2.05) is 16.8 Å². The molecule has 1 heterocycles. The maximum Gasteiger partial charge on any atom is 0.331 e. The van der Waals surface area contributed by atoms with Crippen LogP contribution in [-0.4, -0.2) is 10.9 Å². The summed E-state index contributed by atoms with van der Waals surface area (Å²) in [6, 6.07) is 8.05. The number of hydrogen-bond acceptors (Lipinski definition) is 5. The number of benzene rings is 1. The highest BCUT2D eigenvalue weighted by atomic mass is 32.1. The van der Waals surface area contributed by atoms with Gasteiger partial charge in [-0.1, -0.05) is 12.1 Å². The highest BCUT2D eigenvalue weighted by Gasteiger charge is 2.13. The number of thiophene rings is 1. The van der Waals surface area contributed by atoms with E-state index in [-0.39, 0.29) is 12.3 Å². The average molecular weight is 289 g/mol. The zero-order valence-corrected chi connectivity index (χ0v) is 11.2. The summed E-state index contributed by atoms with van der Waals surface area (Å²) in [6.07, 6.45) is 2.94. The lowest BCUT2D eigenvalue weighted by Crippen LogP contribution is -2.03. The van der Waals surface area contributed by atoms with E-state index in [2.05, 4.69) is 0 Å². The van der Waals surface area contributed by atoms with Crippen molar-refractivity contribution in [3.63, 3.8) is 0 Å². The maximum atomic E-state index is 11.5. The van der Waals surface area contributed by atoms with Crippen LogP contribution >= 0.6 is 11.3 Å². The summed E-state index contributed by atoms with van der Waals surface area (Å²) in [5, 5.41) is 14.6. The smallest absolute Gasteiger partial charge is 0.331 e. The summed E-state index contributed by atoms with van der Waals surface area (Å²) in [5.41, 5.74) is 1.23. The lowest BCUT2D eigenvalue weighted by atomic mass is 10.2. The molecule has 0 amide bonds. The molecule has 6 heteroatoms. The van der Waals surface area contributed by atoms with Crippen molar-refractivity contribution in [2.75, 3.05) is 0 Å². The van der Waals surface area contributed by atoms with Crippen molar-refractivity contribution in [1.82, 2.24) is 0 Å². The van der Waals surface area contributed by atoms with Crippen molar-refractivity contribution in [2.24, 2.45) is 0 Å². The van der Waals surface area contributed by atoms with E-state index in [0.717, 1.165) is 5.56 Å². The average Bonchev–Trinajstić information content (AvgIpc) is 2.96. The van der Waals surface area contributed by atoms with Gasteiger partial charge in [-0.25, -0.2) is 4.79 Å². The normalized spacial score (nSPS) is 10.6. The lowest BCUT2D eigenvalue weighted by Gasteiger charge is -2.03. The van der Waals surface area contributed by atoms with E-state index in [1.54, 1.807) is 24.3 Å². The number of hydrogen-bond donors (Lipinski definition) is 0. The second-order valence-corrected chi connectivity index (χ2v) is 4.66. The quantitative estimate of drug-likeness (QED) is 0.366. The first-order chi connectivity index (χ1) is 9.66. The van der Waals surface area contributed by atoms with E-state index in [0.29, 0.717) is 5.56 Å². The molecular formula is C14H11NO4S. The molecule has 0 radical (unpaired) electrons. The predicted octanol–water partition coefficient (Wildman–Crippen LogP) is 3.41. The van der Waals surface area contributed by atoms with Crippen molar-refractivity contribution >= 4 is 29.1 Å². The van der Waals surface area contributed by atoms with Gasteiger partial charge in [-0.15, -0.1) is 0 Å². The maximum absolute atomic E-state index is 11.5. The second kappa shape index (κ2) is 6.63. The number of carbonyl (C=O) groups is 1. The Morgan fingerprint density at radius 1 is 1.35 bits per heavy atom. The van der Waals surface area contributed by atoms with Crippen molar-refractivity contribution in [2.45, 2.75) is 6.61 Å². The van der Waals surface area contributed by atoms with Gasteiger partial charge in [-0.05, 0) is 34.5 Å². The van der Waals surface area contributed by atoms with Crippen LogP contribution in [0.25, 0.3) is 6.08 Å². The molecule has 0 aliphatic heterocycles. The Morgan fingerprint density at radius 3 is 2.85 bits per heavy atom. The summed E-state index contributed by atoms with van der Waals surface area (Å²) < 4.78 is 4.99. The number of nitro benzene ring substituents is 1. The van der Waals surface area contributed by atoms with Crippen LogP contribution in [-0.2, 0) is 16.1 Å². The standard InChI is InChI=1S/C14H11NO4S/c16-14(6-5-11-7-8-20-10-11)19-9-12-3-1-2-4-13(12)15(17)18/h1-8,10H,9H2/b6-5+. The molecule has 2 aromatic rings. The third kappa shape index (κ3) is 3.76. The molecule has 2 rings (SSSR count). The van der Waals surface area contributed by atoms with E-state index in [1.165, 1.54) is 23.5 Å². The Balaban J connectivity index is 1.95. The zero-order valence-electron chi connectivity index (χ0n) is 10.4. The Labute approximate surface area is 119 Å². The predicted molar refractivity (Wildman–Crippen MR) is 76.2 cm³/mol. The molecule has 102 valence electrons. The number of rotatable bonds is 5. The highest BCUT2D eigenvalue weighted by molar-refractivity contribution is 7.08. The second-order valence-electron chi connectivity index (χ2n) is 3.88. The summed E-state index contributed by atoms with van der Waals surface area (Å²) in [5.74, 6) is -0.533. The van der Waals surface area contributed by atoms with Crippen molar-refractivity contribution in [3.8, 4) is 0 Å². The first-order valence-corrected chi connectivity index (χ1v) is 6.70. The third-order valence-electron chi connectivity index (χ3n) is 2.51. The van der Waals surface area contributed by atoms with Gasteiger partial charge in [0.05, 0.1) is 10.5 Å². The van der Waals surface area contributed by atoms with Gasteiger partial charge >= 0.3 is 5.97 Å². The number of carbonyl (C=O) groups excluding carboxylic acids is 1. The largest absolute Gasteiger partial charge is 0.457 e. The van der Waals surface area contributed by atoms with Crippen LogP contribution in [0.1, 0.15) is 11.1 Å². The van der Waals surface area contributed by atoms with Crippen molar-refractivity contribution in [3.05, 3.63) is 68.4 Å². The van der Waals surface area contributed by atoms with E-state index in [9.17, 15) is 14.9 Å².